The van der Waals surface area contributed by atoms with Crippen LogP contribution >= 0.6 is 0 Å². The number of rotatable bonds is 7. The van der Waals surface area contributed by atoms with Crippen molar-refractivity contribution in [3.05, 3.63) is 24.3 Å². The number of aliphatic hydroxyl groups excluding tert-OH is 1. The molecule has 0 radical (unpaired) electrons. The van der Waals surface area contributed by atoms with Gasteiger partial charge in [0.2, 0.25) is 17.7 Å². The van der Waals surface area contributed by atoms with Gasteiger partial charge in [0.1, 0.15) is 23.7 Å². The van der Waals surface area contributed by atoms with Gasteiger partial charge in [0.15, 0.2) is 0 Å². The van der Waals surface area contributed by atoms with Crippen molar-refractivity contribution < 1.29 is 33.8 Å². The summed E-state index contributed by atoms with van der Waals surface area (Å²) in [5, 5.41) is 12.1. The van der Waals surface area contributed by atoms with Crippen molar-refractivity contribution in [1.82, 2.24) is 15.1 Å². The number of hydrogen-bond donors (Lipinski definition) is 2. The Morgan fingerprint density at radius 1 is 1.11 bits per heavy atom. The van der Waals surface area contributed by atoms with Crippen LogP contribution in [0.4, 0.5) is 0 Å². The molecule has 1 spiro atoms. The van der Waals surface area contributed by atoms with E-state index in [4.69, 9.17) is 9.47 Å². The summed E-state index contributed by atoms with van der Waals surface area (Å²) in [5.74, 6) is -2.94. The fourth-order valence-corrected chi connectivity index (χ4v) is 5.86. The van der Waals surface area contributed by atoms with Crippen LogP contribution in [0.3, 0.4) is 0 Å². The van der Waals surface area contributed by atoms with E-state index < -0.39 is 41.7 Å². The van der Waals surface area contributed by atoms with Gasteiger partial charge >= 0.3 is 5.97 Å². The lowest BCUT2D eigenvalue weighted by molar-refractivity contribution is -0.158. The number of aliphatic hydroxyl groups is 1. The zero-order chi connectivity index (χ0) is 26.6. The quantitative estimate of drug-likeness (QED) is 0.292. The summed E-state index contributed by atoms with van der Waals surface area (Å²) >= 11 is 0. The summed E-state index contributed by atoms with van der Waals surface area (Å²) in [7, 11) is 0. The summed E-state index contributed by atoms with van der Waals surface area (Å²) in [5.41, 5.74) is -1.23. The topological polar surface area (TPSA) is 125 Å². The van der Waals surface area contributed by atoms with Gasteiger partial charge in [-0.05, 0) is 32.6 Å². The molecule has 0 aliphatic carbocycles. The number of likely N-dealkylation sites (tertiary alicyclic amines) is 1. The Kier molecular flexibility index (Phi) is 8.69. The van der Waals surface area contributed by atoms with Crippen LogP contribution in [0.25, 0.3) is 0 Å². The van der Waals surface area contributed by atoms with E-state index in [1.807, 2.05) is 12.2 Å². The molecule has 10 heteroatoms. The molecule has 0 aromatic heterocycles. The number of nitrogens with one attached hydrogen (secondary N) is 1. The SMILES string of the molecule is CCCCN1C/C=C\CCC(=O)NC[C@@H](C)OC(=O)[C@@H]2[C@@H]3C=C[C@]4(O3)[C@H](C1=O)N(CCCCO)C(=O)[C@@H]24. The third kappa shape index (κ3) is 5.31. The van der Waals surface area contributed by atoms with E-state index in [0.29, 0.717) is 38.8 Å². The predicted octanol–water partition coefficient (Wildman–Crippen LogP) is 0.936. The third-order valence-corrected chi connectivity index (χ3v) is 7.71. The molecule has 204 valence electrons. The molecular weight excluding hydrogens is 478 g/mol. The second-order valence-electron chi connectivity index (χ2n) is 10.4. The van der Waals surface area contributed by atoms with Crippen LogP contribution in [-0.2, 0) is 28.7 Å². The first kappa shape index (κ1) is 27.3. The van der Waals surface area contributed by atoms with Gasteiger partial charge in [-0.1, -0.05) is 37.6 Å². The van der Waals surface area contributed by atoms with Gasteiger partial charge in [0.25, 0.3) is 0 Å². The molecule has 4 rings (SSSR count). The minimum Gasteiger partial charge on any atom is -0.460 e. The largest absolute Gasteiger partial charge is 0.460 e. The van der Waals surface area contributed by atoms with Crippen LogP contribution < -0.4 is 5.32 Å². The van der Waals surface area contributed by atoms with E-state index in [0.717, 1.165) is 12.8 Å². The number of cyclic esters (lactones) is 1. The number of carbonyl (C=O) groups is 4. The fourth-order valence-electron chi connectivity index (χ4n) is 5.86. The number of unbranched alkanes of at least 4 members (excludes halogenated alkanes) is 2. The molecule has 10 nitrogen and oxygen atoms in total. The number of amides is 3. The Morgan fingerprint density at radius 2 is 1.92 bits per heavy atom. The first-order chi connectivity index (χ1) is 17.8. The van der Waals surface area contributed by atoms with Crippen LogP contribution in [0, 0.1) is 11.8 Å². The molecule has 3 amide bonds. The first-order valence-electron chi connectivity index (χ1n) is 13.5. The standard InChI is InChI=1S/C27H39N3O7/c1-3-4-13-29-14-7-5-6-10-20(32)28-17-18(2)36-26(35)21-19-11-12-27(37-19)22(21)24(33)30(15-8-9-16-31)23(27)25(29)34/h5,7,11-12,18-19,21-23,31H,3-4,6,8-10,13-17H2,1-2H3,(H,28,32)/b7-5-/t18-,19+,21-,22-,23+,27-/m1/s1. The molecule has 4 aliphatic heterocycles. The first-order valence-corrected chi connectivity index (χ1v) is 13.5. The maximum Gasteiger partial charge on any atom is 0.313 e. The van der Waals surface area contributed by atoms with Gasteiger partial charge in [-0.3, -0.25) is 19.2 Å². The third-order valence-electron chi connectivity index (χ3n) is 7.71. The fraction of sp³-hybridized carbons (Fsp3) is 0.704. The monoisotopic (exact) mass is 517 g/mol. The molecule has 0 aromatic rings. The van der Waals surface area contributed by atoms with Crippen LogP contribution in [-0.4, -0.2) is 95.2 Å². The molecule has 0 aromatic carbocycles. The van der Waals surface area contributed by atoms with Gasteiger partial charge in [0.05, 0.1) is 18.6 Å². The lowest BCUT2D eigenvalue weighted by Gasteiger charge is -2.36. The average Bonchev–Trinajstić information content (AvgIpc) is 3.51. The van der Waals surface area contributed by atoms with Crippen molar-refractivity contribution in [2.24, 2.45) is 11.8 Å². The average molecular weight is 518 g/mol. The molecule has 37 heavy (non-hydrogen) atoms. The predicted molar refractivity (Wildman–Crippen MR) is 134 cm³/mol. The zero-order valence-electron chi connectivity index (χ0n) is 21.8. The van der Waals surface area contributed by atoms with Gasteiger partial charge in [0, 0.05) is 32.7 Å². The minimum atomic E-state index is -1.23. The minimum absolute atomic E-state index is 0.00944. The van der Waals surface area contributed by atoms with Crippen molar-refractivity contribution in [2.45, 2.75) is 76.2 Å². The highest BCUT2D eigenvalue weighted by Gasteiger charge is 2.73. The summed E-state index contributed by atoms with van der Waals surface area (Å²) in [6.45, 7) is 5.07. The highest BCUT2D eigenvalue weighted by Crippen LogP contribution is 2.55. The van der Waals surface area contributed by atoms with Gasteiger partial charge in [-0.15, -0.1) is 0 Å². The molecular formula is C27H39N3O7. The van der Waals surface area contributed by atoms with Crippen molar-refractivity contribution >= 4 is 23.7 Å². The lowest BCUT2D eigenvalue weighted by atomic mass is 9.74. The van der Waals surface area contributed by atoms with E-state index in [-0.39, 0.29) is 37.4 Å². The molecule has 2 fully saturated rings. The maximum absolute atomic E-state index is 14.2. The van der Waals surface area contributed by atoms with Crippen molar-refractivity contribution in [3.63, 3.8) is 0 Å². The van der Waals surface area contributed by atoms with Crippen LogP contribution in [0.5, 0.6) is 0 Å². The lowest BCUT2D eigenvalue weighted by Crippen LogP contribution is -2.56. The van der Waals surface area contributed by atoms with Gasteiger partial charge < -0.3 is 29.7 Å². The Hall–Kier alpha value is -2.72. The molecule has 4 heterocycles. The van der Waals surface area contributed by atoms with E-state index in [1.54, 1.807) is 28.9 Å². The normalized spacial score (nSPS) is 35.1. The van der Waals surface area contributed by atoms with E-state index in [9.17, 15) is 24.3 Å². The molecule has 5 bridgehead atoms. The number of carbonyl (C=O) groups excluding carboxylic acids is 4. The highest BCUT2D eigenvalue weighted by atomic mass is 16.6. The summed E-state index contributed by atoms with van der Waals surface area (Å²) in [6, 6.07) is -0.899. The summed E-state index contributed by atoms with van der Waals surface area (Å²) in [4.78, 5) is 56.8. The molecule has 4 aliphatic rings. The Morgan fingerprint density at radius 3 is 2.68 bits per heavy atom. The Balaban J connectivity index is 1.71. The molecule has 2 saturated heterocycles. The molecule has 6 atom stereocenters. The van der Waals surface area contributed by atoms with Crippen molar-refractivity contribution in [2.75, 3.05) is 32.8 Å². The highest BCUT2D eigenvalue weighted by molar-refractivity contribution is 5.99. The number of nitrogens with zero attached hydrogens (tertiary/aromatic N) is 2. The molecule has 2 N–H and O–H groups in total. The smallest absolute Gasteiger partial charge is 0.313 e. The number of ether oxygens (including phenoxy) is 2. The van der Waals surface area contributed by atoms with Gasteiger partial charge in [-0.25, -0.2) is 0 Å². The van der Waals surface area contributed by atoms with E-state index in [2.05, 4.69) is 12.2 Å². The van der Waals surface area contributed by atoms with E-state index in [1.165, 1.54) is 0 Å². The van der Waals surface area contributed by atoms with Crippen LogP contribution in [0.2, 0.25) is 0 Å². The molecule has 0 unspecified atom stereocenters. The van der Waals surface area contributed by atoms with Crippen LogP contribution in [0.15, 0.2) is 24.3 Å². The van der Waals surface area contributed by atoms with E-state index >= 15 is 0 Å². The Bertz CT molecular complexity index is 950. The summed E-state index contributed by atoms with van der Waals surface area (Å²) in [6.07, 6.45) is 9.65. The zero-order valence-corrected chi connectivity index (χ0v) is 21.8. The number of fused-ring (bicyclic) bond motifs is 2. The maximum atomic E-state index is 14.2. The Labute approximate surface area is 218 Å². The van der Waals surface area contributed by atoms with Gasteiger partial charge in [-0.2, -0.15) is 0 Å². The molecule has 0 saturated carbocycles. The van der Waals surface area contributed by atoms with Crippen LogP contribution in [0.1, 0.15) is 52.4 Å². The second-order valence-corrected chi connectivity index (χ2v) is 10.4. The van der Waals surface area contributed by atoms with Crippen molar-refractivity contribution in [1.29, 1.82) is 0 Å². The number of allylic oxidation sites excluding steroid dienone is 1. The number of hydrogen-bond acceptors (Lipinski definition) is 7. The second kappa shape index (κ2) is 11.8. The van der Waals surface area contributed by atoms with Crippen molar-refractivity contribution in [3.8, 4) is 0 Å². The number of esters is 1. The summed E-state index contributed by atoms with van der Waals surface area (Å²) < 4.78 is 12.0.